The van der Waals surface area contributed by atoms with Gasteiger partial charge in [0.2, 0.25) is 5.91 Å². The molecule has 4 nitrogen and oxygen atoms in total. The molecule has 1 N–H and O–H groups in total. The van der Waals surface area contributed by atoms with Crippen molar-refractivity contribution in [1.29, 1.82) is 0 Å². The van der Waals surface area contributed by atoms with Gasteiger partial charge in [0, 0.05) is 4.88 Å². The lowest BCUT2D eigenvalue weighted by Gasteiger charge is -2.18. The molecule has 1 amide bonds. The first-order valence-electron chi connectivity index (χ1n) is 8.83. The maximum atomic E-state index is 13.0. The van der Waals surface area contributed by atoms with Crippen molar-refractivity contribution >= 4 is 28.2 Å². The van der Waals surface area contributed by atoms with E-state index < -0.39 is 0 Å². The zero-order valence-electron chi connectivity index (χ0n) is 14.9. The number of fused-ring (bicyclic) bond motifs is 1. The lowest BCUT2D eigenvalue weighted by atomic mass is 9.88. The third-order valence-corrected chi connectivity index (χ3v) is 5.69. The van der Waals surface area contributed by atoms with Crippen molar-refractivity contribution in [2.75, 3.05) is 11.9 Å². The molecule has 1 aliphatic rings. The summed E-state index contributed by atoms with van der Waals surface area (Å²) in [5, 5.41) is 3.43. The normalized spacial score (nSPS) is 16.0. The second kappa shape index (κ2) is 7.99. The maximum absolute atomic E-state index is 13.0. The summed E-state index contributed by atoms with van der Waals surface area (Å²) in [4.78, 5) is 26.0. The highest BCUT2D eigenvalue weighted by atomic mass is 32.1. The molecule has 0 fully saturated rings. The molecule has 0 spiro atoms. The molecule has 0 radical (unpaired) electrons. The van der Waals surface area contributed by atoms with Crippen molar-refractivity contribution < 1.29 is 18.7 Å². The summed E-state index contributed by atoms with van der Waals surface area (Å²) in [6.45, 7) is 4.26. The first-order chi connectivity index (χ1) is 12.5. The second-order valence-electron chi connectivity index (χ2n) is 6.63. The van der Waals surface area contributed by atoms with E-state index in [-0.39, 0.29) is 24.1 Å². The molecule has 0 aliphatic heterocycles. The molecule has 1 unspecified atom stereocenters. The fourth-order valence-corrected chi connectivity index (χ4v) is 4.63. The standard InChI is InChI=1S/C20H22FNO3S/c1-3-25-20(24)18-15-9-4-12(2)10-16(15)26-19(18)22-17(23)11-13-5-7-14(21)8-6-13/h5-8,12H,3-4,9-11H2,1-2H3,(H,22,23). The molecule has 1 aliphatic carbocycles. The fourth-order valence-electron chi connectivity index (χ4n) is 3.22. The van der Waals surface area contributed by atoms with E-state index in [1.807, 2.05) is 0 Å². The lowest BCUT2D eigenvalue weighted by Crippen LogP contribution is -2.17. The molecule has 1 heterocycles. The van der Waals surface area contributed by atoms with E-state index in [0.29, 0.717) is 23.1 Å². The van der Waals surface area contributed by atoms with E-state index in [2.05, 4.69) is 12.2 Å². The Hall–Kier alpha value is -2.21. The van der Waals surface area contributed by atoms with Crippen LogP contribution in [-0.4, -0.2) is 18.5 Å². The van der Waals surface area contributed by atoms with Crippen molar-refractivity contribution in [2.24, 2.45) is 5.92 Å². The molecule has 1 aromatic carbocycles. The van der Waals surface area contributed by atoms with E-state index in [9.17, 15) is 14.0 Å². The predicted molar refractivity (Wildman–Crippen MR) is 100 cm³/mol. The maximum Gasteiger partial charge on any atom is 0.341 e. The Labute approximate surface area is 156 Å². The highest BCUT2D eigenvalue weighted by Gasteiger charge is 2.29. The van der Waals surface area contributed by atoms with E-state index >= 15 is 0 Å². The van der Waals surface area contributed by atoms with Gasteiger partial charge in [-0.2, -0.15) is 0 Å². The molecule has 0 bridgehead atoms. The molecule has 2 aromatic rings. The zero-order chi connectivity index (χ0) is 18.7. The van der Waals surface area contributed by atoms with Crippen LogP contribution in [0.1, 0.15) is 46.6 Å². The SMILES string of the molecule is CCOC(=O)c1c(NC(=O)Cc2ccc(F)cc2)sc2c1CCC(C)C2. The first kappa shape index (κ1) is 18.6. The minimum absolute atomic E-state index is 0.127. The van der Waals surface area contributed by atoms with Crippen LogP contribution in [0.5, 0.6) is 0 Å². The highest BCUT2D eigenvalue weighted by molar-refractivity contribution is 7.17. The van der Waals surface area contributed by atoms with Gasteiger partial charge in [0.05, 0.1) is 18.6 Å². The van der Waals surface area contributed by atoms with Crippen LogP contribution < -0.4 is 5.32 Å². The predicted octanol–water partition coefficient (Wildman–Crippen LogP) is 4.37. The average Bonchev–Trinajstić information content (AvgIpc) is 2.93. The number of rotatable bonds is 5. The number of nitrogens with one attached hydrogen (secondary N) is 1. The van der Waals surface area contributed by atoms with Crippen LogP contribution in [0.15, 0.2) is 24.3 Å². The van der Waals surface area contributed by atoms with E-state index in [1.165, 1.54) is 23.5 Å². The molecular formula is C20H22FNO3S. The first-order valence-corrected chi connectivity index (χ1v) is 9.65. The van der Waals surface area contributed by atoms with Crippen molar-refractivity contribution in [3.63, 3.8) is 0 Å². The Balaban J connectivity index is 1.82. The van der Waals surface area contributed by atoms with Gasteiger partial charge >= 0.3 is 5.97 Å². The molecule has 0 saturated heterocycles. The van der Waals surface area contributed by atoms with Gasteiger partial charge in [0.25, 0.3) is 0 Å². The third-order valence-electron chi connectivity index (χ3n) is 4.52. The van der Waals surface area contributed by atoms with Crippen LogP contribution in [0.25, 0.3) is 0 Å². The van der Waals surface area contributed by atoms with E-state index in [1.54, 1.807) is 19.1 Å². The molecule has 138 valence electrons. The molecule has 26 heavy (non-hydrogen) atoms. The van der Waals surface area contributed by atoms with Crippen LogP contribution in [-0.2, 0) is 28.8 Å². The summed E-state index contributed by atoms with van der Waals surface area (Å²) in [6, 6.07) is 5.83. The van der Waals surface area contributed by atoms with Crippen molar-refractivity contribution in [3.8, 4) is 0 Å². The van der Waals surface area contributed by atoms with Gasteiger partial charge < -0.3 is 10.1 Å². The number of anilines is 1. The Morgan fingerprint density at radius 3 is 2.73 bits per heavy atom. The lowest BCUT2D eigenvalue weighted by molar-refractivity contribution is -0.115. The van der Waals surface area contributed by atoms with Gasteiger partial charge in [0.1, 0.15) is 10.8 Å². The summed E-state index contributed by atoms with van der Waals surface area (Å²) in [5.41, 5.74) is 2.24. The number of hydrogen-bond donors (Lipinski definition) is 1. The van der Waals surface area contributed by atoms with Crippen LogP contribution in [0.4, 0.5) is 9.39 Å². The van der Waals surface area contributed by atoms with Gasteiger partial charge in [0.15, 0.2) is 0 Å². The Bertz CT molecular complexity index is 813. The number of benzene rings is 1. The van der Waals surface area contributed by atoms with Crippen molar-refractivity contribution in [2.45, 2.75) is 39.5 Å². The highest BCUT2D eigenvalue weighted by Crippen LogP contribution is 2.40. The summed E-state index contributed by atoms with van der Waals surface area (Å²) in [7, 11) is 0. The van der Waals surface area contributed by atoms with Crippen molar-refractivity contribution in [3.05, 3.63) is 51.7 Å². The largest absolute Gasteiger partial charge is 0.462 e. The van der Waals surface area contributed by atoms with Gasteiger partial charge in [-0.15, -0.1) is 11.3 Å². The fraction of sp³-hybridized carbons (Fsp3) is 0.400. The minimum atomic E-state index is -0.378. The minimum Gasteiger partial charge on any atom is -0.462 e. The number of carbonyl (C=O) groups excluding carboxylic acids is 2. The molecule has 6 heteroatoms. The average molecular weight is 375 g/mol. The van der Waals surface area contributed by atoms with Gasteiger partial charge in [-0.05, 0) is 55.4 Å². The monoisotopic (exact) mass is 375 g/mol. The molecule has 1 aromatic heterocycles. The molecular weight excluding hydrogens is 353 g/mol. The Morgan fingerprint density at radius 1 is 1.31 bits per heavy atom. The summed E-state index contributed by atoms with van der Waals surface area (Å²) in [6.07, 6.45) is 2.90. The number of thiophene rings is 1. The van der Waals surface area contributed by atoms with E-state index in [4.69, 9.17) is 4.74 Å². The van der Waals surface area contributed by atoms with Crippen LogP contribution in [0.2, 0.25) is 0 Å². The number of esters is 1. The summed E-state index contributed by atoms with van der Waals surface area (Å²) in [5.74, 6) is -0.372. The number of ether oxygens (including phenoxy) is 1. The molecule has 0 saturated carbocycles. The summed E-state index contributed by atoms with van der Waals surface area (Å²) >= 11 is 1.47. The van der Waals surface area contributed by atoms with E-state index in [0.717, 1.165) is 35.3 Å². The second-order valence-corrected chi connectivity index (χ2v) is 7.73. The van der Waals surface area contributed by atoms with Crippen LogP contribution in [0.3, 0.4) is 0 Å². The Kier molecular flexibility index (Phi) is 5.71. The molecule has 3 rings (SSSR count). The third kappa shape index (κ3) is 4.12. The quantitative estimate of drug-likeness (QED) is 0.790. The number of hydrogen-bond acceptors (Lipinski definition) is 4. The van der Waals surface area contributed by atoms with Gasteiger partial charge in [-0.3, -0.25) is 4.79 Å². The number of amides is 1. The number of carbonyl (C=O) groups is 2. The van der Waals surface area contributed by atoms with Crippen LogP contribution in [0, 0.1) is 11.7 Å². The van der Waals surface area contributed by atoms with Gasteiger partial charge in [-0.25, -0.2) is 9.18 Å². The van der Waals surface area contributed by atoms with Crippen LogP contribution >= 0.6 is 11.3 Å². The topological polar surface area (TPSA) is 55.4 Å². The van der Waals surface area contributed by atoms with Crippen molar-refractivity contribution in [1.82, 2.24) is 0 Å². The zero-order valence-corrected chi connectivity index (χ0v) is 15.7. The smallest absolute Gasteiger partial charge is 0.341 e. The molecule has 1 atom stereocenters. The van der Waals surface area contributed by atoms with Gasteiger partial charge in [-0.1, -0.05) is 19.1 Å². The number of halogens is 1. The summed E-state index contributed by atoms with van der Waals surface area (Å²) < 4.78 is 18.2. The Morgan fingerprint density at radius 2 is 2.04 bits per heavy atom.